The van der Waals surface area contributed by atoms with Crippen molar-refractivity contribution in [2.45, 2.75) is 10.6 Å². The normalized spacial score (nSPS) is 11.3. The van der Waals surface area contributed by atoms with Crippen LogP contribution < -0.4 is 0 Å². The molecule has 0 aliphatic rings. The number of hydrogen-bond acceptors (Lipinski definition) is 4. The van der Waals surface area contributed by atoms with E-state index in [4.69, 9.17) is 5.11 Å². The van der Waals surface area contributed by atoms with Gasteiger partial charge in [-0.2, -0.15) is 0 Å². The maximum absolute atomic E-state index is 12.0. The Hall–Kier alpha value is -1.66. The van der Waals surface area contributed by atoms with Gasteiger partial charge in [-0.25, -0.2) is 13.2 Å². The first-order chi connectivity index (χ1) is 8.49. The Labute approximate surface area is 108 Å². The van der Waals surface area contributed by atoms with E-state index in [0.29, 0.717) is 0 Å². The maximum atomic E-state index is 12.0. The van der Waals surface area contributed by atoms with Gasteiger partial charge in [-0.15, -0.1) is 11.3 Å². The lowest BCUT2D eigenvalue weighted by molar-refractivity contribution is 0.0697. The Morgan fingerprint density at radius 1 is 1.17 bits per heavy atom. The highest BCUT2D eigenvalue weighted by atomic mass is 32.2. The van der Waals surface area contributed by atoms with Crippen molar-refractivity contribution in [2.75, 3.05) is 0 Å². The van der Waals surface area contributed by atoms with Crippen LogP contribution >= 0.6 is 11.3 Å². The van der Waals surface area contributed by atoms with Gasteiger partial charge in [-0.1, -0.05) is 6.07 Å². The lowest BCUT2D eigenvalue weighted by Gasteiger charge is -2.03. The minimum atomic E-state index is -3.41. The fraction of sp³-hybridized carbons (Fsp3) is 0.0833. The predicted molar refractivity (Wildman–Crippen MR) is 68.6 cm³/mol. The summed E-state index contributed by atoms with van der Waals surface area (Å²) in [6, 6.07) is 8.79. The van der Waals surface area contributed by atoms with Crippen LogP contribution in [0.15, 0.2) is 46.7 Å². The van der Waals surface area contributed by atoms with E-state index in [0.717, 1.165) is 4.88 Å². The van der Waals surface area contributed by atoms with Crippen LogP contribution in [0.2, 0.25) is 0 Å². The second kappa shape index (κ2) is 4.91. The molecule has 0 unspecified atom stereocenters. The molecule has 1 aromatic carbocycles. The average molecular weight is 282 g/mol. The number of carboxylic acid groups (broad SMARTS) is 1. The monoisotopic (exact) mass is 282 g/mol. The molecule has 0 fully saturated rings. The van der Waals surface area contributed by atoms with Gasteiger partial charge >= 0.3 is 5.97 Å². The van der Waals surface area contributed by atoms with Gasteiger partial charge in [0.05, 0.1) is 16.2 Å². The fourth-order valence-corrected chi connectivity index (χ4v) is 3.89. The molecule has 0 spiro atoms. The molecule has 94 valence electrons. The van der Waals surface area contributed by atoms with Gasteiger partial charge in [-0.05, 0) is 35.7 Å². The molecule has 0 amide bonds. The Bertz CT molecular complexity index is 640. The summed E-state index contributed by atoms with van der Waals surface area (Å²) in [5.74, 6) is -1.13. The van der Waals surface area contributed by atoms with Crippen LogP contribution in [0, 0.1) is 0 Å². The molecule has 0 saturated carbocycles. The van der Waals surface area contributed by atoms with Crippen LogP contribution in [0.4, 0.5) is 0 Å². The van der Waals surface area contributed by atoms with Gasteiger partial charge in [-0.3, -0.25) is 0 Å². The van der Waals surface area contributed by atoms with E-state index in [9.17, 15) is 13.2 Å². The zero-order valence-electron chi connectivity index (χ0n) is 9.24. The summed E-state index contributed by atoms with van der Waals surface area (Å²) in [4.78, 5) is 11.6. The molecule has 2 aromatic rings. The molecule has 0 saturated heterocycles. The van der Waals surface area contributed by atoms with Crippen LogP contribution in [0.5, 0.6) is 0 Å². The fourth-order valence-electron chi connectivity index (χ4n) is 1.47. The molecule has 1 N–H and O–H groups in total. The topological polar surface area (TPSA) is 71.4 Å². The molecule has 0 aliphatic carbocycles. The van der Waals surface area contributed by atoms with E-state index < -0.39 is 15.8 Å². The Morgan fingerprint density at radius 2 is 1.83 bits per heavy atom. The molecule has 4 nitrogen and oxygen atoms in total. The lowest BCUT2D eigenvalue weighted by Crippen LogP contribution is -2.04. The second-order valence-electron chi connectivity index (χ2n) is 3.67. The Kier molecular flexibility index (Phi) is 3.49. The van der Waals surface area contributed by atoms with E-state index in [1.165, 1.54) is 35.6 Å². The van der Waals surface area contributed by atoms with E-state index in [1.807, 2.05) is 5.38 Å². The second-order valence-corrected chi connectivity index (χ2v) is 6.69. The first kappa shape index (κ1) is 12.8. The lowest BCUT2D eigenvalue weighted by atomic mass is 10.2. The summed E-state index contributed by atoms with van der Waals surface area (Å²) in [6.45, 7) is 0. The molecular weight excluding hydrogens is 272 g/mol. The Balaban J connectivity index is 2.27. The molecule has 0 aliphatic heterocycles. The number of carbonyl (C=O) groups is 1. The number of carboxylic acids is 1. The molecular formula is C12H10O4S2. The maximum Gasteiger partial charge on any atom is 0.335 e. The van der Waals surface area contributed by atoms with Crippen LogP contribution in [-0.2, 0) is 15.6 Å². The first-order valence-electron chi connectivity index (χ1n) is 5.07. The SMILES string of the molecule is O=C(O)c1ccc(S(=O)(=O)Cc2cccs2)cc1. The average Bonchev–Trinajstić information content (AvgIpc) is 2.81. The zero-order valence-corrected chi connectivity index (χ0v) is 10.9. The van der Waals surface area contributed by atoms with Gasteiger partial charge in [0.1, 0.15) is 0 Å². The molecule has 1 heterocycles. The van der Waals surface area contributed by atoms with E-state index in [-0.39, 0.29) is 16.2 Å². The molecule has 0 radical (unpaired) electrons. The van der Waals surface area contributed by atoms with E-state index in [2.05, 4.69) is 0 Å². The molecule has 0 atom stereocenters. The van der Waals surface area contributed by atoms with Crippen LogP contribution in [0.3, 0.4) is 0 Å². The Morgan fingerprint density at radius 3 is 2.33 bits per heavy atom. The summed E-state index contributed by atoms with van der Waals surface area (Å²) in [6.07, 6.45) is 0. The van der Waals surface area contributed by atoms with E-state index in [1.54, 1.807) is 12.1 Å². The number of benzene rings is 1. The number of sulfone groups is 1. The van der Waals surface area contributed by atoms with Crippen LogP contribution in [0.1, 0.15) is 15.2 Å². The van der Waals surface area contributed by atoms with Crippen molar-refractivity contribution in [2.24, 2.45) is 0 Å². The summed E-state index contributed by atoms with van der Waals surface area (Å²) in [5.41, 5.74) is 0.0741. The third-order valence-corrected chi connectivity index (χ3v) is 5.11. The summed E-state index contributed by atoms with van der Waals surface area (Å²) < 4.78 is 24.1. The summed E-state index contributed by atoms with van der Waals surface area (Å²) in [7, 11) is -3.41. The van der Waals surface area contributed by atoms with Crippen molar-refractivity contribution in [1.29, 1.82) is 0 Å². The van der Waals surface area contributed by atoms with Gasteiger partial charge < -0.3 is 5.11 Å². The highest BCUT2D eigenvalue weighted by molar-refractivity contribution is 7.90. The standard InChI is InChI=1S/C12H10O4S2/c13-12(14)9-3-5-11(6-4-9)18(15,16)8-10-2-1-7-17-10/h1-7H,8H2,(H,13,14). The van der Waals surface area contributed by atoms with Crippen LogP contribution in [0.25, 0.3) is 0 Å². The molecule has 6 heteroatoms. The quantitative estimate of drug-likeness (QED) is 0.934. The minimum Gasteiger partial charge on any atom is -0.478 e. The van der Waals surface area contributed by atoms with Crippen molar-refractivity contribution in [3.63, 3.8) is 0 Å². The van der Waals surface area contributed by atoms with Crippen molar-refractivity contribution < 1.29 is 18.3 Å². The number of rotatable bonds is 4. The third-order valence-electron chi connectivity index (χ3n) is 2.37. The number of aromatic carboxylic acids is 1. The molecule has 1 aromatic heterocycles. The largest absolute Gasteiger partial charge is 0.478 e. The van der Waals surface area contributed by atoms with Gasteiger partial charge in [0.15, 0.2) is 9.84 Å². The van der Waals surface area contributed by atoms with Crippen molar-refractivity contribution in [3.8, 4) is 0 Å². The van der Waals surface area contributed by atoms with Gasteiger partial charge in [0, 0.05) is 4.88 Å². The number of hydrogen-bond donors (Lipinski definition) is 1. The number of thiophene rings is 1. The van der Waals surface area contributed by atoms with E-state index >= 15 is 0 Å². The van der Waals surface area contributed by atoms with Gasteiger partial charge in [0.2, 0.25) is 0 Å². The molecule has 0 bridgehead atoms. The van der Waals surface area contributed by atoms with Crippen molar-refractivity contribution in [1.82, 2.24) is 0 Å². The zero-order chi connectivity index (χ0) is 13.2. The highest BCUT2D eigenvalue weighted by Crippen LogP contribution is 2.19. The smallest absolute Gasteiger partial charge is 0.335 e. The third kappa shape index (κ3) is 2.77. The van der Waals surface area contributed by atoms with Crippen LogP contribution in [-0.4, -0.2) is 19.5 Å². The summed E-state index contributed by atoms with van der Waals surface area (Å²) in [5, 5.41) is 10.6. The molecule has 2 rings (SSSR count). The summed E-state index contributed by atoms with van der Waals surface area (Å²) >= 11 is 1.38. The van der Waals surface area contributed by atoms with Crippen molar-refractivity contribution in [3.05, 3.63) is 52.2 Å². The van der Waals surface area contributed by atoms with Gasteiger partial charge in [0.25, 0.3) is 0 Å². The predicted octanol–water partition coefficient (Wildman–Crippen LogP) is 2.42. The van der Waals surface area contributed by atoms with Crippen molar-refractivity contribution >= 4 is 27.1 Å². The highest BCUT2D eigenvalue weighted by Gasteiger charge is 2.16. The molecule has 18 heavy (non-hydrogen) atoms. The first-order valence-corrected chi connectivity index (χ1v) is 7.61. The minimum absolute atomic E-state index is 0.0584.